The molecule has 0 aliphatic heterocycles. The number of H-pyrrole nitrogens is 1. The minimum atomic E-state index is 0.593. The summed E-state index contributed by atoms with van der Waals surface area (Å²) in [6.07, 6.45) is 9.19. The van der Waals surface area contributed by atoms with Crippen molar-refractivity contribution in [2.45, 2.75) is 45.2 Å². The summed E-state index contributed by atoms with van der Waals surface area (Å²) < 4.78 is 0. The lowest BCUT2D eigenvalue weighted by molar-refractivity contribution is 0.756. The highest BCUT2D eigenvalue weighted by Crippen LogP contribution is 2.29. The quantitative estimate of drug-likeness (QED) is 0.630. The second kappa shape index (κ2) is 6.56. The molecule has 1 saturated carbocycles. The molecule has 0 saturated heterocycles. The van der Waals surface area contributed by atoms with Crippen LogP contribution in [0, 0.1) is 6.92 Å². The Morgan fingerprint density at radius 3 is 2.71 bits per heavy atom. The molecule has 0 bridgehead atoms. The summed E-state index contributed by atoms with van der Waals surface area (Å²) >= 11 is 0. The number of aryl methyl sites for hydroxylation is 1. The second-order valence-electron chi connectivity index (χ2n) is 6.77. The molecule has 0 atom stereocenters. The molecule has 1 aliphatic carbocycles. The van der Waals surface area contributed by atoms with Crippen LogP contribution in [-0.4, -0.2) is 16.0 Å². The standard InChI is InChI=1S/C20H24N4/c1-14-6-8-15(9-7-14)11-22-20-10-18(23-16-4-2-3-5-16)17-12-21-13-19(17)24-20/h6-10,12-13,16,21,23H,2-5,11H2,1H3,(H,22,24). The number of nitrogens with one attached hydrogen (secondary N) is 3. The van der Waals surface area contributed by atoms with Crippen LogP contribution in [0.4, 0.5) is 11.5 Å². The number of aromatic amines is 1. The zero-order valence-corrected chi connectivity index (χ0v) is 14.1. The summed E-state index contributed by atoms with van der Waals surface area (Å²) in [6.45, 7) is 2.89. The minimum absolute atomic E-state index is 0.593. The molecule has 0 amide bonds. The molecule has 124 valence electrons. The lowest BCUT2D eigenvalue weighted by Crippen LogP contribution is -2.15. The van der Waals surface area contributed by atoms with E-state index in [1.54, 1.807) is 0 Å². The number of pyridine rings is 1. The Balaban J connectivity index is 1.54. The first-order valence-corrected chi connectivity index (χ1v) is 8.81. The summed E-state index contributed by atoms with van der Waals surface area (Å²) in [7, 11) is 0. The van der Waals surface area contributed by atoms with Crippen LogP contribution in [-0.2, 0) is 6.54 Å². The molecule has 24 heavy (non-hydrogen) atoms. The normalized spacial score (nSPS) is 15.0. The topological polar surface area (TPSA) is 52.7 Å². The van der Waals surface area contributed by atoms with Crippen molar-refractivity contribution in [1.29, 1.82) is 0 Å². The van der Waals surface area contributed by atoms with Gasteiger partial charge in [-0.25, -0.2) is 4.98 Å². The number of aromatic nitrogens is 2. The summed E-state index contributed by atoms with van der Waals surface area (Å²) in [6, 6.07) is 11.3. The fourth-order valence-electron chi connectivity index (χ4n) is 3.44. The molecular formula is C20H24N4. The molecule has 0 spiro atoms. The molecule has 2 heterocycles. The summed E-state index contributed by atoms with van der Waals surface area (Å²) in [4.78, 5) is 7.90. The van der Waals surface area contributed by atoms with Crippen LogP contribution in [0.15, 0.2) is 42.7 Å². The van der Waals surface area contributed by atoms with Crippen molar-refractivity contribution in [1.82, 2.24) is 9.97 Å². The fourth-order valence-corrected chi connectivity index (χ4v) is 3.44. The molecular weight excluding hydrogens is 296 g/mol. The molecule has 4 heteroatoms. The van der Waals surface area contributed by atoms with E-state index in [4.69, 9.17) is 4.98 Å². The first kappa shape index (κ1) is 15.1. The largest absolute Gasteiger partial charge is 0.382 e. The van der Waals surface area contributed by atoms with Gasteiger partial charge in [0.25, 0.3) is 0 Å². The molecule has 3 N–H and O–H groups in total. The van der Waals surface area contributed by atoms with E-state index in [0.717, 1.165) is 17.9 Å². The summed E-state index contributed by atoms with van der Waals surface area (Å²) in [5, 5.41) is 8.35. The monoisotopic (exact) mass is 320 g/mol. The second-order valence-corrected chi connectivity index (χ2v) is 6.77. The highest BCUT2D eigenvalue weighted by Gasteiger charge is 2.16. The van der Waals surface area contributed by atoms with Crippen LogP contribution in [0.2, 0.25) is 0 Å². The van der Waals surface area contributed by atoms with Crippen LogP contribution >= 0.6 is 0 Å². The van der Waals surface area contributed by atoms with Crippen molar-refractivity contribution < 1.29 is 0 Å². The number of anilines is 2. The zero-order valence-electron chi connectivity index (χ0n) is 14.1. The first-order chi connectivity index (χ1) is 11.8. The predicted molar refractivity (Wildman–Crippen MR) is 100 cm³/mol. The minimum Gasteiger partial charge on any atom is -0.382 e. The lowest BCUT2D eigenvalue weighted by Gasteiger charge is -2.16. The Labute approximate surface area is 142 Å². The van der Waals surface area contributed by atoms with E-state index in [1.807, 2.05) is 12.4 Å². The van der Waals surface area contributed by atoms with Crippen LogP contribution in [0.5, 0.6) is 0 Å². The number of nitrogens with zero attached hydrogens (tertiary/aromatic N) is 1. The van der Waals surface area contributed by atoms with Gasteiger partial charge in [-0.15, -0.1) is 0 Å². The van der Waals surface area contributed by atoms with Gasteiger partial charge in [0.05, 0.1) is 5.52 Å². The van der Waals surface area contributed by atoms with E-state index in [0.29, 0.717) is 6.04 Å². The molecule has 1 aliphatic rings. The van der Waals surface area contributed by atoms with E-state index >= 15 is 0 Å². The number of fused-ring (bicyclic) bond motifs is 1. The van der Waals surface area contributed by atoms with E-state index in [2.05, 4.69) is 52.9 Å². The number of benzene rings is 1. The number of rotatable bonds is 5. The van der Waals surface area contributed by atoms with Gasteiger partial charge in [0.2, 0.25) is 0 Å². The average Bonchev–Trinajstić information content (AvgIpc) is 3.26. The summed E-state index contributed by atoms with van der Waals surface area (Å²) in [5.41, 5.74) is 4.74. The molecule has 2 aromatic heterocycles. The van der Waals surface area contributed by atoms with Crippen LogP contribution in [0.25, 0.3) is 10.9 Å². The van der Waals surface area contributed by atoms with Gasteiger partial charge in [0, 0.05) is 42.1 Å². The van der Waals surface area contributed by atoms with Gasteiger partial charge in [-0.05, 0) is 25.3 Å². The molecule has 0 radical (unpaired) electrons. The average molecular weight is 320 g/mol. The maximum atomic E-state index is 4.72. The van der Waals surface area contributed by atoms with Crippen molar-refractivity contribution in [3.8, 4) is 0 Å². The summed E-state index contributed by atoms with van der Waals surface area (Å²) in [5.74, 6) is 0.920. The highest BCUT2D eigenvalue weighted by atomic mass is 15.0. The lowest BCUT2D eigenvalue weighted by atomic mass is 10.1. The van der Waals surface area contributed by atoms with Gasteiger partial charge in [-0.3, -0.25) is 0 Å². The molecule has 1 aromatic carbocycles. The van der Waals surface area contributed by atoms with Gasteiger partial charge >= 0.3 is 0 Å². The number of hydrogen-bond acceptors (Lipinski definition) is 3. The molecule has 1 fully saturated rings. The maximum Gasteiger partial charge on any atom is 0.129 e. The predicted octanol–water partition coefficient (Wildman–Crippen LogP) is 4.84. The highest BCUT2D eigenvalue weighted by molar-refractivity contribution is 5.92. The Hall–Kier alpha value is -2.49. The van der Waals surface area contributed by atoms with E-state index in [-0.39, 0.29) is 0 Å². The SMILES string of the molecule is Cc1ccc(CNc2cc(NC3CCCC3)c3c[nH]cc3n2)cc1. The Bertz CT molecular complexity index is 813. The van der Waals surface area contributed by atoms with Gasteiger partial charge in [0.1, 0.15) is 5.82 Å². The zero-order chi connectivity index (χ0) is 16.4. The Morgan fingerprint density at radius 2 is 1.92 bits per heavy atom. The first-order valence-electron chi connectivity index (χ1n) is 8.81. The van der Waals surface area contributed by atoms with Crippen LogP contribution < -0.4 is 10.6 Å². The van der Waals surface area contributed by atoms with E-state index in [1.165, 1.54) is 47.9 Å². The van der Waals surface area contributed by atoms with Crippen molar-refractivity contribution in [3.63, 3.8) is 0 Å². The van der Waals surface area contributed by atoms with Crippen molar-refractivity contribution >= 4 is 22.4 Å². The third-order valence-electron chi connectivity index (χ3n) is 4.84. The molecule has 4 nitrogen and oxygen atoms in total. The Kier molecular flexibility index (Phi) is 4.11. The van der Waals surface area contributed by atoms with E-state index in [9.17, 15) is 0 Å². The molecule has 0 unspecified atom stereocenters. The van der Waals surface area contributed by atoms with E-state index < -0.39 is 0 Å². The van der Waals surface area contributed by atoms with Gasteiger partial charge < -0.3 is 15.6 Å². The van der Waals surface area contributed by atoms with Crippen molar-refractivity contribution in [2.75, 3.05) is 10.6 Å². The molecule has 4 rings (SSSR count). The fraction of sp³-hybridized carbons (Fsp3) is 0.350. The van der Waals surface area contributed by atoms with Crippen LogP contribution in [0.1, 0.15) is 36.8 Å². The van der Waals surface area contributed by atoms with Crippen molar-refractivity contribution in [2.24, 2.45) is 0 Å². The van der Waals surface area contributed by atoms with Gasteiger partial charge in [-0.1, -0.05) is 42.7 Å². The third-order valence-corrected chi connectivity index (χ3v) is 4.84. The Morgan fingerprint density at radius 1 is 1.12 bits per heavy atom. The number of hydrogen-bond donors (Lipinski definition) is 3. The smallest absolute Gasteiger partial charge is 0.129 e. The third kappa shape index (κ3) is 3.23. The van der Waals surface area contributed by atoms with Gasteiger partial charge in [0.15, 0.2) is 0 Å². The maximum absolute atomic E-state index is 4.72. The molecule has 3 aromatic rings. The van der Waals surface area contributed by atoms with Crippen LogP contribution in [0.3, 0.4) is 0 Å². The van der Waals surface area contributed by atoms with Crippen molar-refractivity contribution in [3.05, 3.63) is 53.9 Å². The van der Waals surface area contributed by atoms with Gasteiger partial charge in [-0.2, -0.15) is 0 Å².